The summed E-state index contributed by atoms with van der Waals surface area (Å²) in [6, 6.07) is 10.8. The Kier molecular flexibility index (Phi) is 6.41. The molecule has 0 fully saturated rings. The molecule has 33 heavy (non-hydrogen) atoms. The molecule has 0 saturated heterocycles. The van der Waals surface area contributed by atoms with Crippen molar-refractivity contribution >= 4 is 45.0 Å². The number of amides is 2. The van der Waals surface area contributed by atoms with E-state index in [0.29, 0.717) is 45.3 Å². The molecule has 0 spiro atoms. The third-order valence-electron chi connectivity index (χ3n) is 5.03. The van der Waals surface area contributed by atoms with Crippen molar-refractivity contribution in [3.05, 3.63) is 64.9 Å². The van der Waals surface area contributed by atoms with Crippen LogP contribution in [0.25, 0.3) is 11.0 Å². The fourth-order valence-electron chi connectivity index (χ4n) is 3.56. The molecule has 0 bridgehead atoms. The van der Waals surface area contributed by atoms with E-state index in [1.165, 1.54) is 11.3 Å². The molecule has 8 nitrogen and oxygen atoms in total. The van der Waals surface area contributed by atoms with Crippen molar-refractivity contribution in [1.29, 1.82) is 0 Å². The number of nitrogens with one attached hydrogen (secondary N) is 2. The lowest BCUT2D eigenvalue weighted by Gasteiger charge is -2.12. The second-order valence-electron chi connectivity index (χ2n) is 7.72. The number of carbonyl (C=O) groups excluding carboxylic acids is 2. The van der Waals surface area contributed by atoms with E-state index in [1.807, 2.05) is 45.0 Å². The normalized spacial score (nSPS) is 11.1. The van der Waals surface area contributed by atoms with Crippen LogP contribution in [0.15, 0.2) is 48.0 Å². The minimum atomic E-state index is -0.339. The lowest BCUT2D eigenvalue weighted by atomic mass is 10.1. The number of hydrogen-bond acceptors (Lipinski definition) is 6. The first-order valence-electron chi connectivity index (χ1n) is 10.6. The molecule has 2 N–H and O–H groups in total. The standard InChI is InChI=1S/C24H25N5O3S/c1-5-17-18(27-22(30)15-9-7-6-8-10-15)13-16-20(32-14(2)3)19(29(4)21(16)26-17)23(31)28-24-25-11-12-33-24/h6-14H,5H2,1-4H3,(H,27,30)(H,25,28,31). The highest BCUT2D eigenvalue weighted by molar-refractivity contribution is 7.13. The third kappa shape index (κ3) is 4.58. The molecule has 9 heteroatoms. The van der Waals surface area contributed by atoms with Gasteiger partial charge in [-0.3, -0.25) is 14.9 Å². The monoisotopic (exact) mass is 463 g/mol. The van der Waals surface area contributed by atoms with Crippen LogP contribution in [0.2, 0.25) is 0 Å². The molecule has 0 unspecified atom stereocenters. The van der Waals surface area contributed by atoms with Gasteiger partial charge in [-0.1, -0.05) is 25.1 Å². The van der Waals surface area contributed by atoms with Crippen molar-refractivity contribution in [2.45, 2.75) is 33.3 Å². The summed E-state index contributed by atoms with van der Waals surface area (Å²) < 4.78 is 7.81. The number of aromatic nitrogens is 3. The molecule has 3 aromatic heterocycles. The molecular formula is C24H25N5O3S. The highest BCUT2D eigenvalue weighted by Gasteiger charge is 2.26. The van der Waals surface area contributed by atoms with Crippen LogP contribution in [-0.4, -0.2) is 32.5 Å². The Balaban J connectivity index is 1.81. The molecule has 0 aliphatic carbocycles. The smallest absolute Gasteiger partial charge is 0.278 e. The van der Waals surface area contributed by atoms with Gasteiger partial charge in [0.05, 0.1) is 22.9 Å². The summed E-state index contributed by atoms with van der Waals surface area (Å²) in [5.41, 5.74) is 2.80. The predicted octanol–water partition coefficient (Wildman–Crippen LogP) is 4.88. The van der Waals surface area contributed by atoms with E-state index in [-0.39, 0.29) is 17.9 Å². The summed E-state index contributed by atoms with van der Waals surface area (Å²) >= 11 is 1.34. The molecule has 4 rings (SSSR count). The van der Waals surface area contributed by atoms with Crippen molar-refractivity contribution < 1.29 is 14.3 Å². The molecule has 0 aliphatic heterocycles. The summed E-state index contributed by atoms with van der Waals surface area (Å²) in [5, 5.41) is 8.73. The molecular weight excluding hydrogens is 438 g/mol. The molecule has 4 aromatic rings. The number of hydrogen-bond donors (Lipinski definition) is 2. The van der Waals surface area contributed by atoms with Gasteiger partial charge in [0.15, 0.2) is 16.6 Å². The molecule has 3 heterocycles. The Morgan fingerprint density at radius 2 is 1.91 bits per heavy atom. The number of anilines is 2. The molecule has 0 saturated carbocycles. The average molecular weight is 464 g/mol. The van der Waals surface area contributed by atoms with Crippen molar-refractivity contribution in [3.63, 3.8) is 0 Å². The Bertz CT molecular complexity index is 1300. The molecule has 170 valence electrons. The highest BCUT2D eigenvalue weighted by atomic mass is 32.1. The molecule has 0 radical (unpaired) electrons. The van der Waals surface area contributed by atoms with Gasteiger partial charge in [0.1, 0.15) is 5.65 Å². The van der Waals surface area contributed by atoms with E-state index in [9.17, 15) is 9.59 Å². The predicted molar refractivity (Wildman–Crippen MR) is 130 cm³/mol. The maximum atomic E-state index is 13.2. The van der Waals surface area contributed by atoms with Crippen LogP contribution in [0, 0.1) is 0 Å². The van der Waals surface area contributed by atoms with Gasteiger partial charge in [0, 0.05) is 24.2 Å². The van der Waals surface area contributed by atoms with Crippen LogP contribution in [0.1, 0.15) is 47.3 Å². The summed E-state index contributed by atoms with van der Waals surface area (Å²) in [7, 11) is 1.78. The van der Waals surface area contributed by atoms with Crippen LogP contribution < -0.4 is 15.4 Å². The Morgan fingerprint density at radius 3 is 2.55 bits per heavy atom. The Labute approximate surface area is 195 Å². The Morgan fingerprint density at radius 1 is 1.15 bits per heavy atom. The van der Waals surface area contributed by atoms with Crippen molar-refractivity contribution in [2.24, 2.45) is 7.05 Å². The van der Waals surface area contributed by atoms with Crippen LogP contribution in [-0.2, 0) is 13.5 Å². The van der Waals surface area contributed by atoms with Crippen molar-refractivity contribution in [2.75, 3.05) is 10.6 Å². The van der Waals surface area contributed by atoms with Crippen LogP contribution in [0.4, 0.5) is 10.8 Å². The SMILES string of the molecule is CCc1nc2c(cc1NC(=O)c1ccccc1)c(OC(C)C)c(C(=O)Nc1nccs1)n2C. The largest absolute Gasteiger partial charge is 0.488 e. The third-order valence-corrected chi connectivity index (χ3v) is 5.72. The fourth-order valence-corrected chi connectivity index (χ4v) is 4.09. The number of rotatable bonds is 7. The topological polar surface area (TPSA) is 98.1 Å². The summed E-state index contributed by atoms with van der Waals surface area (Å²) in [4.78, 5) is 34.9. The molecule has 0 aliphatic rings. The first-order valence-corrected chi connectivity index (χ1v) is 11.5. The number of carbonyl (C=O) groups is 2. The summed E-state index contributed by atoms with van der Waals surface area (Å²) in [6.45, 7) is 5.76. The van der Waals surface area contributed by atoms with Gasteiger partial charge in [-0.25, -0.2) is 9.97 Å². The summed E-state index contributed by atoms with van der Waals surface area (Å²) in [6.07, 6.45) is 2.06. The van der Waals surface area contributed by atoms with Crippen molar-refractivity contribution in [1.82, 2.24) is 14.5 Å². The zero-order valence-electron chi connectivity index (χ0n) is 18.9. The minimum absolute atomic E-state index is 0.171. The van der Waals surface area contributed by atoms with E-state index < -0.39 is 0 Å². The maximum Gasteiger partial charge on any atom is 0.278 e. The lowest BCUT2D eigenvalue weighted by molar-refractivity contribution is 0.100. The van der Waals surface area contributed by atoms with Gasteiger partial charge in [0.25, 0.3) is 11.8 Å². The van der Waals surface area contributed by atoms with Gasteiger partial charge in [-0.2, -0.15) is 0 Å². The molecule has 2 amide bonds. The van der Waals surface area contributed by atoms with E-state index >= 15 is 0 Å². The number of benzene rings is 1. The first kappa shape index (κ1) is 22.5. The summed E-state index contributed by atoms with van der Waals surface area (Å²) in [5.74, 6) is -0.147. The zero-order chi connectivity index (χ0) is 23.5. The maximum absolute atomic E-state index is 13.2. The van der Waals surface area contributed by atoms with E-state index in [2.05, 4.69) is 15.6 Å². The molecule has 1 aromatic carbocycles. The second-order valence-corrected chi connectivity index (χ2v) is 8.62. The number of fused-ring (bicyclic) bond motifs is 1. The van der Waals surface area contributed by atoms with Crippen LogP contribution in [0.5, 0.6) is 5.75 Å². The number of ether oxygens (including phenoxy) is 1. The quantitative estimate of drug-likeness (QED) is 0.407. The average Bonchev–Trinajstić information content (AvgIpc) is 3.39. The fraction of sp³-hybridized carbons (Fsp3) is 0.250. The highest BCUT2D eigenvalue weighted by Crippen LogP contribution is 2.36. The van der Waals surface area contributed by atoms with Gasteiger partial charge >= 0.3 is 0 Å². The first-order chi connectivity index (χ1) is 15.9. The van der Waals surface area contributed by atoms with Crippen LogP contribution in [0.3, 0.4) is 0 Å². The van der Waals surface area contributed by atoms with Crippen LogP contribution >= 0.6 is 11.3 Å². The number of aryl methyl sites for hydroxylation is 2. The van der Waals surface area contributed by atoms with Gasteiger partial charge < -0.3 is 14.6 Å². The number of thiazole rings is 1. The molecule has 0 atom stereocenters. The van der Waals surface area contributed by atoms with Gasteiger partial charge in [-0.15, -0.1) is 11.3 Å². The van der Waals surface area contributed by atoms with Gasteiger partial charge in [0.2, 0.25) is 0 Å². The van der Waals surface area contributed by atoms with E-state index in [4.69, 9.17) is 9.72 Å². The van der Waals surface area contributed by atoms with Crippen molar-refractivity contribution in [3.8, 4) is 5.75 Å². The number of nitrogens with zero attached hydrogens (tertiary/aromatic N) is 3. The minimum Gasteiger partial charge on any atom is -0.488 e. The van der Waals surface area contributed by atoms with E-state index in [0.717, 1.165) is 5.69 Å². The van der Waals surface area contributed by atoms with Gasteiger partial charge in [-0.05, 0) is 38.5 Å². The second kappa shape index (κ2) is 9.41. The van der Waals surface area contributed by atoms with E-state index in [1.54, 1.807) is 35.3 Å². The lowest BCUT2D eigenvalue weighted by Crippen LogP contribution is -2.18. The number of pyridine rings is 1. The zero-order valence-corrected chi connectivity index (χ0v) is 19.7. The Hall–Kier alpha value is -3.72.